The summed E-state index contributed by atoms with van der Waals surface area (Å²) in [5.74, 6) is 2.03. The number of hydrogen-bond donors (Lipinski definition) is 2. The lowest BCUT2D eigenvalue weighted by atomic mass is 9.96. The number of anilines is 1. The molecule has 0 radical (unpaired) electrons. The summed E-state index contributed by atoms with van der Waals surface area (Å²) in [5, 5.41) is 5.64. The molecule has 0 saturated carbocycles. The zero-order valence-corrected chi connectivity index (χ0v) is 17.8. The van der Waals surface area contributed by atoms with Gasteiger partial charge in [0.1, 0.15) is 12.7 Å². The van der Waals surface area contributed by atoms with Crippen molar-refractivity contribution >= 4 is 34.5 Å². The van der Waals surface area contributed by atoms with Crippen LogP contribution in [0.2, 0.25) is 5.02 Å². The van der Waals surface area contributed by atoms with Gasteiger partial charge in [0.25, 0.3) is 0 Å². The first-order valence-corrected chi connectivity index (χ1v) is 11.2. The third-order valence-electron chi connectivity index (χ3n) is 5.48. The van der Waals surface area contributed by atoms with Crippen molar-refractivity contribution in [3.63, 3.8) is 0 Å². The minimum atomic E-state index is 0.00785. The molecule has 2 aliphatic rings. The van der Waals surface area contributed by atoms with E-state index in [0.717, 1.165) is 55.4 Å². The quantitative estimate of drug-likeness (QED) is 0.728. The molecule has 8 heteroatoms. The molecule has 156 valence electrons. The lowest BCUT2D eigenvalue weighted by molar-refractivity contribution is -0.120. The lowest BCUT2D eigenvalue weighted by Gasteiger charge is -2.35. The molecule has 1 unspecified atom stereocenters. The second kappa shape index (κ2) is 9.24. The Balaban J connectivity index is 1.17. The van der Waals surface area contributed by atoms with Gasteiger partial charge in [0.2, 0.25) is 5.91 Å². The Kier molecular flexibility index (Phi) is 6.47. The molecule has 6 nitrogen and oxygen atoms in total. The molecule has 1 saturated heterocycles. The van der Waals surface area contributed by atoms with Crippen molar-refractivity contribution in [1.82, 2.24) is 10.2 Å². The van der Waals surface area contributed by atoms with Crippen LogP contribution in [-0.4, -0.2) is 49.7 Å². The predicted octanol–water partition coefficient (Wildman–Crippen LogP) is 3.19. The molecule has 2 aliphatic heterocycles. The number of thiophene rings is 1. The van der Waals surface area contributed by atoms with Crippen molar-refractivity contribution in [1.29, 1.82) is 0 Å². The highest BCUT2D eigenvalue weighted by Crippen LogP contribution is 2.34. The number of nitrogen functional groups attached to an aromatic ring is 1. The van der Waals surface area contributed by atoms with Crippen LogP contribution in [0.1, 0.15) is 17.7 Å². The van der Waals surface area contributed by atoms with Crippen LogP contribution in [0.15, 0.2) is 29.6 Å². The fraction of sp³-hybridized carbons (Fsp3) is 0.476. The zero-order chi connectivity index (χ0) is 20.2. The molecule has 0 aliphatic carbocycles. The Bertz CT molecular complexity index is 851. The maximum atomic E-state index is 12.1. The Labute approximate surface area is 179 Å². The van der Waals surface area contributed by atoms with Gasteiger partial charge in [-0.15, -0.1) is 11.3 Å². The van der Waals surface area contributed by atoms with Gasteiger partial charge in [-0.1, -0.05) is 11.6 Å². The number of likely N-dealkylation sites (tertiary alicyclic amines) is 1. The topological polar surface area (TPSA) is 76.8 Å². The average Bonchev–Trinajstić information content (AvgIpc) is 3.11. The van der Waals surface area contributed by atoms with E-state index in [-0.39, 0.29) is 12.0 Å². The fourth-order valence-electron chi connectivity index (χ4n) is 3.80. The standard InChI is InChI=1S/C21H26ClN3O3S/c22-15-1-2-18-19(9-15)28-16(13-27-18)12-25-6-3-14(4-7-25)11-24-21(26)10-20-17(23)5-8-29-20/h1-2,5,8-9,14,16H,3-4,6-7,10-13,23H2,(H,24,26). The number of piperidine rings is 1. The van der Waals surface area contributed by atoms with E-state index in [1.807, 2.05) is 29.6 Å². The Morgan fingerprint density at radius 2 is 2.10 bits per heavy atom. The molecular weight excluding hydrogens is 410 g/mol. The Hall–Kier alpha value is -1.96. The van der Waals surface area contributed by atoms with E-state index in [4.69, 9.17) is 26.8 Å². The van der Waals surface area contributed by atoms with Gasteiger partial charge in [-0.2, -0.15) is 0 Å². The van der Waals surface area contributed by atoms with E-state index in [1.54, 1.807) is 0 Å². The van der Waals surface area contributed by atoms with E-state index >= 15 is 0 Å². The van der Waals surface area contributed by atoms with Crippen molar-refractivity contribution in [2.24, 2.45) is 5.92 Å². The fourth-order valence-corrected chi connectivity index (χ4v) is 4.76. The predicted molar refractivity (Wildman–Crippen MR) is 116 cm³/mol. The number of carbonyl (C=O) groups is 1. The monoisotopic (exact) mass is 435 g/mol. The van der Waals surface area contributed by atoms with Crippen LogP contribution in [0.25, 0.3) is 0 Å². The first-order valence-electron chi connectivity index (χ1n) is 9.96. The summed E-state index contributed by atoms with van der Waals surface area (Å²) in [4.78, 5) is 15.5. The van der Waals surface area contributed by atoms with E-state index < -0.39 is 0 Å². The zero-order valence-electron chi connectivity index (χ0n) is 16.2. The van der Waals surface area contributed by atoms with Crippen LogP contribution < -0.4 is 20.5 Å². The molecule has 4 rings (SSSR count). The SMILES string of the molecule is Nc1ccsc1CC(=O)NCC1CCN(CC2COc3ccc(Cl)cc3O2)CC1. The number of carbonyl (C=O) groups excluding carboxylic acids is 1. The summed E-state index contributed by atoms with van der Waals surface area (Å²) in [6, 6.07) is 7.31. The van der Waals surface area contributed by atoms with Crippen molar-refractivity contribution in [3.8, 4) is 11.5 Å². The van der Waals surface area contributed by atoms with Crippen LogP contribution in [0.3, 0.4) is 0 Å². The molecule has 1 atom stereocenters. The smallest absolute Gasteiger partial charge is 0.225 e. The minimum Gasteiger partial charge on any atom is -0.486 e. The maximum Gasteiger partial charge on any atom is 0.225 e. The highest BCUT2D eigenvalue weighted by Gasteiger charge is 2.26. The molecule has 0 spiro atoms. The molecular formula is C21H26ClN3O3S. The summed E-state index contributed by atoms with van der Waals surface area (Å²) < 4.78 is 11.9. The molecule has 1 aromatic carbocycles. The molecule has 29 heavy (non-hydrogen) atoms. The average molecular weight is 436 g/mol. The number of nitrogens with zero attached hydrogens (tertiary/aromatic N) is 1. The van der Waals surface area contributed by atoms with Crippen LogP contribution in [0, 0.1) is 5.92 Å². The summed E-state index contributed by atoms with van der Waals surface area (Å²) in [6.07, 6.45) is 2.51. The number of rotatable bonds is 6. The third kappa shape index (κ3) is 5.35. The van der Waals surface area contributed by atoms with Gasteiger partial charge in [0.15, 0.2) is 11.5 Å². The number of amides is 1. The van der Waals surface area contributed by atoms with E-state index in [2.05, 4.69) is 10.2 Å². The van der Waals surface area contributed by atoms with Crippen molar-refractivity contribution in [3.05, 3.63) is 39.5 Å². The second-order valence-corrected chi connectivity index (χ2v) is 9.10. The first kappa shape index (κ1) is 20.3. The number of halogens is 1. The van der Waals surface area contributed by atoms with Gasteiger partial charge in [-0.05, 0) is 55.4 Å². The minimum absolute atomic E-state index is 0.00785. The molecule has 2 aromatic rings. The van der Waals surface area contributed by atoms with Gasteiger partial charge in [0, 0.05) is 34.7 Å². The largest absolute Gasteiger partial charge is 0.486 e. The normalized spacial score (nSPS) is 19.8. The molecule has 1 amide bonds. The Morgan fingerprint density at radius 3 is 2.86 bits per heavy atom. The van der Waals surface area contributed by atoms with Gasteiger partial charge < -0.3 is 20.5 Å². The summed E-state index contributed by atoms with van der Waals surface area (Å²) in [5.41, 5.74) is 6.56. The van der Waals surface area contributed by atoms with Crippen molar-refractivity contribution in [2.45, 2.75) is 25.4 Å². The summed E-state index contributed by atoms with van der Waals surface area (Å²) in [7, 11) is 0. The van der Waals surface area contributed by atoms with Gasteiger partial charge in [-0.25, -0.2) is 0 Å². The van der Waals surface area contributed by atoms with Crippen LogP contribution in [0.5, 0.6) is 11.5 Å². The van der Waals surface area contributed by atoms with Gasteiger partial charge in [0.05, 0.1) is 6.42 Å². The number of fused-ring (bicyclic) bond motifs is 1. The number of nitrogens with two attached hydrogens (primary N) is 1. The second-order valence-electron chi connectivity index (χ2n) is 7.67. The number of hydrogen-bond acceptors (Lipinski definition) is 6. The number of nitrogens with one attached hydrogen (secondary N) is 1. The molecule has 3 N–H and O–H groups in total. The van der Waals surface area contributed by atoms with E-state index in [1.165, 1.54) is 11.3 Å². The van der Waals surface area contributed by atoms with Gasteiger partial charge >= 0.3 is 0 Å². The highest BCUT2D eigenvalue weighted by molar-refractivity contribution is 7.10. The molecule has 1 fully saturated rings. The first-order chi connectivity index (χ1) is 14.1. The van der Waals surface area contributed by atoms with Crippen molar-refractivity contribution < 1.29 is 14.3 Å². The molecule has 0 bridgehead atoms. The number of benzene rings is 1. The summed E-state index contributed by atoms with van der Waals surface area (Å²) >= 11 is 7.58. The molecule has 1 aromatic heterocycles. The van der Waals surface area contributed by atoms with Crippen LogP contribution in [0.4, 0.5) is 5.69 Å². The van der Waals surface area contributed by atoms with E-state index in [0.29, 0.717) is 29.7 Å². The molecule has 3 heterocycles. The maximum absolute atomic E-state index is 12.1. The highest BCUT2D eigenvalue weighted by atomic mass is 35.5. The van der Waals surface area contributed by atoms with E-state index in [9.17, 15) is 4.79 Å². The summed E-state index contributed by atoms with van der Waals surface area (Å²) in [6.45, 7) is 4.12. The lowest BCUT2D eigenvalue weighted by Crippen LogP contribution is -2.45. The van der Waals surface area contributed by atoms with Crippen LogP contribution >= 0.6 is 22.9 Å². The van der Waals surface area contributed by atoms with Crippen LogP contribution in [-0.2, 0) is 11.2 Å². The third-order valence-corrected chi connectivity index (χ3v) is 6.65. The number of ether oxygens (including phenoxy) is 2. The van der Waals surface area contributed by atoms with Crippen molar-refractivity contribution in [2.75, 3.05) is 38.5 Å². The Morgan fingerprint density at radius 1 is 1.28 bits per heavy atom. The van der Waals surface area contributed by atoms with Gasteiger partial charge in [-0.3, -0.25) is 9.69 Å².